The summed E-state index contributed by atoms with van der Waals surface area (Å²) in [7, 11) is 0. The first-order chi connectivity index (χ1) is 10.0. The quantitative estimate of drug-likeness (QED) is 0.659. The monoisotopic (exact) mass is 290 g/mol. The number of carbonyl (C=O) groups is 1. The Hall–Kier alpha value is -2.84. The Labute approximate surface area is 120 Å². The zero-order valence-electron chi connectivity index (χ0n) is 11.6. The predicted molar refractivity (Wildman–Crippen MR) is 73.9 cm³/mol. The molecule has 0 bridgehead atoms. The van der Waals surface area contributed by atoms with Gasteiger partial charge in [0.05, 0.1) is 4.92 Å². The lowest BCUT2D eigenvalue weighted by Crippen LogP contribution is -2.18. The minimum Gasteiger partial charge on any atom is -0.289 e. The van der Waals surface area contributed by atoms with Gasteiger partial charge in [0.25, 0.3) is 11.6 Å². The summed E-state index contributed by atoms with van der Waals surface area (Å²) in [6.07, 6.45) is 0.809. The fraction of sp³-hybridized carbons (Fsp3) is 0.333. The third-order valence-electron chi connectivity index (χ3n) is 2.94. The number of nitrogens with zero attached hydrogens (tertiary/aromatic N) is 5. The van der Waals surface area contributed by atoms with Crippen molar-refractivity contribution >= 4 is 17.5 Å². The van der Waals surface area contributed by atoms with Crippen LogP contribution in [0.25, 0.3) is 0 Å². The van der Waals surface area contributed by atoms with E-state index < -0.39 is 10.8 Å². The van der Waals surface area contributed by atoms with E-state index in [4.69, 9.17) is 0 Å². The van der Waals surface area contributed by atoms with Gasteiger partial charge in [0.1, 0.15) is 0 Å². The summed E-state index contributed by atoms with van der Waals surface area (Å²) in [6, 6.07) is 4.34. The van der Waals surface area contributed by atoms with E-state index in [1.807, 2.05) is 6.92 Å². The molecular weight excluding hydrogens is 276 g/mol. The third kappa shape index (κ3) is 3.02. The molecule has 0 saturated heterocycles. The van der Waals surface area contributed by atoms with E-state index >= 15 is 0 Å². The van der Waals surface area contributed by atoms with Crippen molar-refractivity contribution in [3.05, 3.63) is 39.4 Å². The van der Waals surface area contributed by atoms with Crippen LogP contribution in [-0.4, -0.2) is 31.0 Å². The van der Waals surface area contributed by atoms with Crippen LogP contribution >= 0.6 is 0 Å². The van der Waals surface area contributed by atoms with Crippen molar-refractivity contribution in [3.8, 4) is 0 Å². The first kappa shape index (κ1) is 14.6. The SMILES string of the molecule is CCCn1nnnc1NC(=O)c1cccc([N+](=O)[O-])c1C. The molecule has 1 aromatic heterocycles. The van der Waals surface area contributed by atoms with Crippen LogP contribution in [0.3, 0.4) is 0 Å². The molecule has 2 aromatic rings. The van der Waals surface area contributed by atoms with Crippen molar-refractivity contribution in [3.63, 3.8) is 0 Å². The molecule has 0 radical (unpaired) electrons. The number of hydrogen-bond acceptors (Lipinski definition) is 6. The zero-order valence-corrected chi connectivity index (χ0v) is 11.6. The maximum absolute atomic E-state index is 12.2. The number of benzene rings is 1. The minimum absolute atomic E-state index is 0.101. The highest BCUT2D eigenvalue weighted by Crippen LogP contribution is 2.21. The van der Waals surface area contributed by atoms with Gasteiger partial charge < -0.3 is 0 Å². The molecule has 0 aliphatic heterocycles. The van der Waals surface area contributed by atoms with Gasteiger partial charge in [-0.1, -0.05) is 18.1 Å². The summed E-state index contributed by atoms with van der Waals surface area (Å²) < 4.78 is 1.46. The lowest BCUT2D eigenvalue weighted by Gasteiger charge is -2.07. The Morgan fingerprint density at radius 3 is 2.90 bits per heavy atom. The fourth-order valence-corrected chi connectivity index (χ4v) is 1.89. The molecule has 0 atom stereocenters. The molecule has 21 heavy (non-hydrogen) atoms. The van der Waals surface area contributed by atoms with Crippen LogP contribution in [0, 0.1) is 17.0 Å². The molecule has 0 saturated carbocycles. The van der Waals surface area contributed by atoms with Crippen LogP contribution in [-0.2, 0) is 6.54 Å². The topological polar surface area (TPSA) is 116 Å². The number of aryl methyl sites for hydroxylation is 1. The Morgan fingerprint density at radius 2 is 2.24 bits per heavy atom. The van der Waals surface area contributed by atoms with E-state index in [9.17, 15) is 14.9 Å². The maximum atomic E-state index is 12.2. The van der Waals surface area contributed by atoms with E-state index in [1.165, 1.54) is 29.8 Å². The van der Waals surface area contributed by atoms with Crippen molar-refractivity contribution in [2.24, 2.45) is 0 Å². The lowest BCUT2D eigenvalue weighted by atomic mass is 10.1. The molecule has 2 rings (SSSR count). The van der Waals surface area contributed by atoms with Crippen LogP contribution in [0.4, 0.5) is 11.6 Å². The molecule has 0 spiro atoms. The van der Waals surface area contributed by atoms with Crippen molar-refractivity contribution < 1.29 is 9.72 Å². The standard InChI is InChI=1S/C12H14N6O3/c1-3-7-17-12(14-15-16-17)13-11(19)9-5-4-6-10(8(9)2)18(20)21/h4-6H,3,7H2,1-2H3,(H,13,14,16,19). The average molecular weight is 290 g/mol. The molecule has 1 amide bonds. The van der Waals surface area contributed by atoms with Gasteiger partial charge in [-0.15, -0.1) is 0 Å². The van der Waals surface area contributed by atoms with Gasteiger partial charge in [0.2, 0.25) is 5.95 Å². The van der Waals surface area contributed by atoms with Gasteiger partial charge in [-0.25, -0.2) is 4.68 Å². The van der Waals surface area contributed by atoms with Gasteiger partial charge in [0.15, 0.2) is 0 Å². The first-order valence-corrected chi connectivity index (χ1v) is 6.36. The molecule has 0 fully saturated rings. The van der Waals surface area contributed by atoms with Crippen LogP contribution < -0.4 is 5.32 Å². The van der Waals surface area contributed by atoms with Crippen LogP contribution in [0.5, 0.6) is 0 Å². The molecule has 1 heterocycles. The number of anilines is 1. The highest BCUT2D eigenvalue weighted by molar-refractivity contribution is 6.05. The third-order valence-corrected chi connectivity index (χ3v) is 2.94. The molecule has 1 aromatic carbocycles. The lowest BCUT2D eigenvalue weighted by molar-refractivity contribution is -0.385. The normalized spacial score (nSPS) is 10.4. The van der Waals surface area contributed by atoms with Crippen molar-refractivity contribution in [2.45, 2.75) is 26.8 Å². The Bertz CT molecular complexity index is 681. The molecule has 1 N–H and O–H groups in total. The minimum atomic E-state index is -0.521. The van der Waals surface area contributed by atoms with E-state index in [-0.39, 0.29) is 17.2 Å². The summed E-state index contributed by atoms with van der Waals surface area (Å²) in [6.45, 7) is 4.05. The van der Waals surface area contributed by atoms with Crippen molar-refractivity contribution in [1.29, 1.82) is 0 Å². The van der Waals surface area contributed by atoms with Crippen LogP contribution in [0.1, 0.15) is 29.3 Å². The largest absolute Gasteiger partial charge is 0.289 e. The maximum Gasteiger partial charge on any atom is 0.273 e. The smallest absolute Gasteiger partial charge is 0.273 e. The number of nitrogens with one attached hydrogen (secondary N) is 1. The summed E-state index contributed by atoms with van der Waals surface area (Å²) in [5.41, 5.74) is 0.417. The van der Waals surface area contributed by atoms with Crippen LogP contribution in [0.15, 0.2) is 18.2 Å². The predicted octanol–water partition coefficient (Wildman–Crippen LogP) is 1.55. The number of nitro benzene ring substituents is 1. The van der Waals surface area contributed by atoms with Gasteiger partial charge in [0, 0.05) is 23.7 Å². The Morgan fingerprint density at radius 1 is 1.48 bits per heavy atom. The Balaban J connectivity index is 2.27. The zero-order chi connectivity index (χ0) is 15.4. The highest BCUT2D eigenvalue weighted by atomic mass is 16.6. The fourth-order valence-electron chi connectivity index (χ4n) is 1.89. The van der Waals surface area contributed by atoms with Crippen molar-refractivity contribution in [1.82, 2.24) is 20.2 Å². The number of amides is 1. The molecule has 9 nitrogen and oxygen atoms in total. The van der Waals surface area contributed by atoms with Gasteiger partial charge in [-0.05, 0) is 29.8 Å². The number of tetrazole rings is 1. The van der Waals surface area contributed by atoms with E-state index in [0.29, 0.717) is 12.1 Å². The molecule has 110 valence electrons. The summed E-state index contributed by atoms with van der Waals surface area (Å²) in [5.74, 6) is -0.267. The average Bonchev–Trinajstić information content (AvgIpc) is 2.86. The second kappa shape index (κ2) is 6.07. The first-order valence-electron chi connectivity index (χ1n) is 6.36. The summed E-state index contributed by atoms with van der Waals surface area (Å²) in [5, 5.41) is 24.4. The second-order valence-electron chi connectivity index (χ2n) is 4.39. The molecular formula is C12H14N6O3. The number of rotatable bonds is 5. The molecule has 0 aliphatic carbocycles. The number of nitro groups is 1. The Kier molecular flexibility index (Phi) is 4.21. The summed E-state index contributed by atoms with van der Waals surface area (Å²) in [4.78, 5) is 22.6. The van der Waals surface area contributed by atoms with Gasteiger partial charge >= 0.3 is 0 Å². The molecule has 9 heteroatoms. The second-order valence-corrected chi connectivity index (χ2v) is 4.39. The molecule has 0 unspecified atom stereocenters. The highest BCUT2D eigenvalue weighted by Gasteiger charge is 2.19. The van der Waals surface area contributed by atoms with E-state index in [2.05, 4.69) is 20.8 Å². The number of aromatic nitrogens is 4. The van der Waals surface area contributed by atoms with Gasteiger partial charge in [-0.2, -0.15) is 0 Å². The number of hydrogen-bond donors (Lipinski definition) is 1. The molecule has 0 aliphatic rings. The van der Waals surface area contributed by atoms with E-state index in [1.54, 1.807) is 0 Å². The van der Waals surface area contributed by atoms with Crippen molar-refractivity contribution in [2.75, 3.05) is 5.32 Å². The number of carbonyl (C=O) groups excluding carboxylic acids is 1. The van der Waals surface area contributed by atoms with Gasteiger partial charge in [-0.3, -0.25) is 20.2 Å². The van der Waals surface area contributed by atoms with E-state index in [0.717, 1.165) is 6.42 Å². The summed E-state index contributed by atoms with van der Waals surface area (Å²) >= 11 is 0. The van der Waals surface area contributed by atoms with Crippen LogP contribution in [0.2, 0.25) is 0 Å².